The van der Waals surface area contributed by atoms with Crippen LogP contribution in [0.15, 0.2) is 54.9 Å². The van der Waals surface area contributed by atoms with E-state index in [2.05, 4.69) is 20.5 Å². The fourth-order valence-corrected chi connectivity index (χ4v) is 2.87. The molecule has 6 nitrogen and oxygen atoms in total. The summed E-state index contributed by atoms with van der Waals surface area (Å²) in [4.78, 5) is 15.4. The van der Waals surface area contributed by atoms with E-state index in [0.29, 0.717) is 5.69 Å². The highest BCUT2D eigenvalue weighted by atomic mass is 19.1. The predicted octanol–water partition coefficient (Wildman–Crippen LogP) is 3.88. The molecule has 7 heteroatoms. The number of carbonyl (C=O) groups excluding carboxylic acids is 1. The van der Waals surface area contributed by atoms with Crippen LogP contribution in [-0.2, 0) is 7.05 Å². The quantitative estimate of drug-likeness (QED) is 0.528. The predicted molar refractivity (Wildman–Crippen MR) is 108 cm³/mol. The minimum absolute atomic E-state index is 0.0798. The summed E-state index contributed by atoms with van der Waals surface area (Å²) < 4.78 is 14.8. The van der Waals surface area contributed by atoms with E-state index in [9.17, 15) is 9.18 Å². The molecule has 4 rings (SSSR count). The number of aromatic amines is 1. The van der Waals surface area contributed by atoms with Gasteiger partial charge in [-0.2, -0.15) is 5.10 Å². The first-order valence-electron chi connectivity index (χ1n) is 8.87. The molecule has 0 spiro atoms. The Hall–Kier alpha value is -3.32. The van der Waals surface area contributed by atoms with E-state index in [0.717, 1.165) is 34.1 Å². The summed E-state index contributed by atoms with van der Waals surface area (Å²) in [5.74, 6) is -0.144. The number of nitrogens with one attached hydrogen (secondary N) is 2. The van der Waals surface area contributed by atoms with Crippen LogP contribution in [0.25, 0.3) is 22.3 Å². The number of aryl methyl sites for hydroxylation is 1. The second-order valence-electron chi connectivity index (χ2n) is 6.37. The Morgan fingerprint density at radius 3 is 2.68 bits per heavy atom. The number of H-pyrrole nitrogens is 1. The van der Waals surface area contributed by atoms with Crippen LogP contribution >= 0.6 is 0 Å². The lowest BCUT2D eigenvalue weighted by molar-refractivity contribution is 0.111. The lowest BCUT2D eigenvalue weighted by Crippen LogP contribution is -2.13. The van der Waals surface area contributed by atoms with Crippen molar-refractivity contribution in [3.63, 3.8) is 0 Å². The molecule has 28 heavy (non-hydrogen) atoms. The summed E-state index contributed by atoms with van der Waals surface area (Å²) >= 11 is 0. The van der Waals surface area contributed by atoms with Gasteiger partial charge >= 0.3 is 0 Å². The number of halogens is 1. The monoisotopic (exact) mass is 379 g/mol. The van der Waals surface area contributed by atoms with Crippen molar-refractivity contribution in [2.75, 3.05) is 7.05 Å². The van der Waals surface area contributed by atoms with Crippen molar-refractivity contribution in [3.8, 4) is 11.3 Å². The highest BCUT2D eigenvalue weighted by Gasteiger charge is 2.08. The van der Waals surface area contributed by atoms with Crippen LogP contribution in [0, 0.1) is 5.82 Å². The molecular weight excluding hydrogens is 357 g/mol. The smallest absolute Gasteiger partial charge is 0.166 e. The number of aldehydes is 1. The molecule has 2 N–H and O–H groups in total. The van der Waals surface area contributed by atoms with Gasteiger partial charge < -0.3 is 9.88 Å². The molecule has 1 aromatic carbocycles. The second kappa shape index (κ2) is 8.58. The van der Waals surface area contributed by atoms with Crippen LogP contribution in [0.1, 0.15) is 29.0 Å². The number of pyridine rings is 1. The maximum Gasteiger partial charge on any atom is 0.166 e. The van der Waals surface area contributed by atoms with Gasteiger partial charge in [0.25, 0.3) is 0 Å². The largest absolute Gasteiger partial charge is 0.326 e. The average molecular weight is 379 g/mol. The maximum atomic E-state index is 13.0. The van der Waals surface area contributed by atoms with Crippen molar-refractivity contribution in [2.45, 2.75) is 13.0 Å². The maximum absolute atomic E-state index is 13.0. The molecule has 144 valence electrons. The van der Waals surface area contributed by atoms with Crippen molar-refractivity contribution in [3.05, 3.63) is 71.9 Å². The van der Waals surface area contributed by atoms with Crippen molar-refractivity contribution in [1.82, 2.24) is 25.1 Å². The van der Waals surface area contributed by atoms with Gasteiger partial charge in [0.15, 0.2) is 6.29 Å². The Balaban J connectivity index is 0.000000178. The van der Waals surface area contributed by atoms with Gasteiger partial charge in [-0.15, -0.1) is 0 Å². The van der Waals surface area contributed by atoms with Crippen molar-refractivity contribution < 1.29 is 9.18 Å². The first kappa shape index (κ1) is 19.4. The Morgan fingerprint density at radius 1 is 1.25 bits per heavy atom. The minimum atomic E-state index is -0.144. The summed E-state index contributed by atoms with van der Waals surface area (Å²) in [6, 6.07) is 12.6. The summed E-state index contributed by atoms with van der Waals surface area (Å²) in [7, 11) is 3.65. The number of fused-ring (bicyclic) bond motifs is 1. The zero-order valence-electron chi connectivity index (χ0n) is 16.0. The number of carbonyl (C=O) groups is 1. The lowest BCUT2D eigenvalue weighted by Gasteiger charge is -2.10. The molecule has 0 aliphatic carbocycles. The molecule has 0 saturated carbocycles. The third-order valence-electron chi connectivity index (χ3n) is 4.63. The highest BCUT2D eigenvalue weighted by Crippen LogP contribution is 2.21. The SMILES string of the molecule is CNC(C)c1ccccc1F.Cn1c(C=O)cc2ccc(-c3cn[nH]c3)nc21. The molecule has 0 aliphatic heterocycles. The number of benzene rings is 1. The van der Waals surface area contributed by atoms with E-state index in [1.807, 2.05) is 45.3 Å². The van der Waals surface area contributed by atoms with Gasteiger partial charge in [-0.25, -0.2) is 9.37 Å². The molecule has 3 aromatic heterocycles. The van der Waals surface area contributed by atoms with Crippen molar-refractivity contribution in [2.24, 2.45) is 7.05 Å². The van der Waals surface area contributed by atoms with Crippen LogP contribution in [0.3, 0.4) is 0 Å². The number of rotatable bonds is 4. The molecule has 0 fully saturated rings. The molecule has 3 heterocycles. The Kier molecular flexibility index (Phi) is 5.96. The van der Waals surface area contributed by atoms with Gasteiger partial charge in [0.05, 0.1) is 17.6 Å². The normalized spacial score (nSPS) is 11.7. The van der Waals surface area contributed by atoms with E-state index in [-0.39, 0.29) is 11.9 Å². The van der Waals surface area contributed by atoms with Gasteiger partial charge in [-0.1, -0.05) is 18.2 Å². The molecule has 4 aromatic rings. The van der Waals surface area contributed by atoms with Gasteiger partial charge in [0.2, 0.25) is 0 Å². The first-order valence-corrected chi connectivity index (χ1v) is 8.87. The van der Waals surface area contributed by atoms with E-state index < -0.39 is 0 Å². The fourth-order valence-electron chi connectivity index (χ4n) is 2.87. The Bertz CT molecular complexity index is 1070. The zero-order chi connectivity index (χ0) is 20.1. The number of hydrogen-bond acceptors (Lipinski definition) is 4. The second-order valence-corrected chi connectivity index (χ2v) is 6.37. The van der Waals surface area contributed by atoms with E-state index in [1.54, 1.807) is 29.1 Å². The lowest BCUT2D eigenvalue weighted by atomic mass is 10.1. The first-order chi connectivity index (χ1) is 13.5. The standard InChI is InChI=1S/C12H10N4O.C9H12FN/c1-16-10(7-17)4-8-2-3-11(15-12(8)16)9-5-13-14-6-9;1-7(11-2)8-5-3-4-6-9(8)10/h2-7H,1H3,(H,13,14);3-7,11H,1-2H3. The molecule has 1 atom stereocenters. The van der Waals surface area contributed by atoms with Gasteiger partial charge in [-0.05, 0) is 38.2 Å². The Labute approximate surface area is 162 Å². The number of nitrogens with zero attached hydrogens (tertiary/aromatic N) is 3. The van der Waals surface area contributed by atoms with Crippen LogP contribution < -0.4 is 5.32 Å². The summed E-state index contributed by atoms with van der Waals surface area (Å²) in [5.41, 5.74) is 3.91. The van der Waals surface area contributed by atoms with Gasteiger partial charge in [0.1, 0.15) is 11.5 Å². The molecule has 0 radical (unpaired) electrons. The molecule has 0 amide bonds. The number of hydrogen-bond donors (Lipinski definition) is 2. The molecule has 0 aliphatic rings. The van der Waals surface area contributed by atoms with Crippen molar-refractivity contribution in [1.29, 1.82) is 0 Å². The zero-order valence-corrected chi connectivity index (χ0v) is 16.0. The Morgan fingerprint density at radius 2 is 2.04 bits per heavy atom. The average Bonchev–Trinajstić information content (AvgIpc) is 3.36. The van der Waals surface area contributed by atoms with E-state index in [1.165, 1.54) is 6.07 Å². The van der Waals surface area contributed by atoms with Crippen LogP contribution in [0.4, 0.5) is 4.39 Å². The molecule has 1 unspecified atom stereocenters. The fraction of sp³-hybridized carbons (Fsp3) is 0.190. The number of aromatic nitrogens is 4. The summed E-state index contributed by atoms with van der Waals surface area (Å²) in [6.45, 7) is 1.93. The van der Waals surface area contributed by atoms with Crippen LogP contribution in [0.5, 0.6) is 0 Å². The molecule has 0 saturated heterocycles. The van der Waals surface area contributed by atoms with Crippen molar-refractivity contribution >= 4 is 17.3 Å². The van der Waals surface area contributed by atoms with E-state index >= 15 is 0 Å². The highest BCUT2D eigenvalue weighted by molar-refractivity contribution is 5.87. The summed E-state index contributed by atoms with van der Waals surface area (Å²) in [6.07, 6.45) is 4.34. The van der Waals surface area contributed by atoms with Crippen LogP contribution in [-0.4, -0.2) is 33.1 Å². The van der Waals surface area contributed by atoms with Gasteiger partial charge in [-0.3, -0.25) is 9.89 Å². The topological polar surface area (TPSA) is 75.6 Å². The van der Waals surface area contributed by atoms with Crippen LogP contribution in [0.2, 0.25) is 0 Å². The van der Waals surface area contributed by atoms with Gasteiger partial charge in [0, 0.05) is 35.8 Å². The van der Waals surface area contributed by atoms with E-state index in [4.69, 9.17) is 0 Å². The third-order valence-corrected chi connectivity index (χ3v) is 4.63. The molecule has 0 bridgehead atoms. The molecular formula is C21H22FN5O. The minimum Gasteiger partial charge on any atom is -0.326 e. The third kappa shape index (κ3) is 3.99. The summed E-state index contributed by atoms with van der Waals surface area (Å²) in [5, 5.41) is 10.6.